The monoisotopic (exact) mass is 379 g/mol. The molecule has 0 radical (unpaired) electrons. The molecule has 0 saturated carbocycles. The number of benzene rings is 1. The molecule has 2 heterocycles. The summed E-state index contributed by atoms with van der Waals surface area (Å²) in [6.07, 6.45) is 3.55. The van der Waals surface area contributed by atoms with E-state index in [0.717, 1.165) is 53.7 Å². The van der Waals surface area contributed by atoms with Gasteiger partial charge in [0.2, 0.25) is 0 Å². The Morgan fingerprint density at radius 1 is 1.36 bits per heavy atom. The highest BCUT2D eigenvalue weighted by Gasteiger charge is 2.21. The molecular weight excluding hydrogens is 362 g/mol. The number of amides is 1. The number of aryl methyl sites for hydroxylation is 1. The molecule has 4 rings (SSSR count). The Balaban J connectivity index is 1.54. The zero-order chi connectivity index (χ0) is 17.4. The number of halogens is 1. The van der Waals surface area contributed by atoms with Crippen molar-refractivity contribution in [1.29, 1.82) is 0 Å². The molecule has 1 fully saturated rings. The van der Waals surface area contributed by atoms with Gasteiger partial charge in [0, 0.05) is 28.8 Å². The van der Waals surface area contributed by atoms with Crippen molar-refractivity contribution in [3.8, 4) is 5.75 Å². The third-order valence-electron chi connectivity index (χ3n) is 4.68. The predicted octanol–water partition coefficient (Wildman–Crippen LogP) is 2.94. The number of carbonyl (C=O) groups is 1. The van der Waals surface area contributed by atoms with Gasteiger partial charge in [0.15, 0.2) is 6.61 Å². The number of thioether (sulfide) groups is 1. The molecule has 1 aliphatic heterocycles. The zero-order valence-electron chi connectivity index (χ0n) is 13.6. The first-order valence-electron chi connectivity index (χ1n) is 8.40. The van der Waals surface area contributed by atoms with E-state index in [4.69, 9.17) is 20.8 Å². The molecule has 0 spiro atoms. The number of fused-ring (bicyclic) bond motifs is 3. The van der Waals surface area contributed by atoms with Crippen LogP contribution in [0.1, 0.15) is 24.0 Å². The largest absolute Gasteiger partial charge is 0.482 e. The molecule has 2 aromatic rings. The number of hydrogen-bond acceptors (Lipinski definition) is 5. The fraction of sp³-hybridized carbons (Fsp3) is 0.444. The van der Waals surface area contributed by atoms with Crippen LogP contribution in [0.15, 0.2) is 21.3 Å². The van der Waals surface area contributed by atoms with E-state index in [0.29, 0.717) is 16.4 Å². The number of nitrogens with one attached hydrogen (secondary N) is 1. The van der Waals surface area contributed by atoms with Gasteiger partial charge >= 0.3 is 5.63 Å². The molecule has 1 aromatic carbocycles. The highest BCUT2D eigenvalue weighted by atomic mass is 35.5. The summed E-state index contributed by atoms with van der Waals surface area (Å²) in [5.74, 6) is 2.20. The van der Waals surface area contributed by atoms with E-state index < -0.39 is 0 Å². The van der Waals surface area contributed by atoms with Crippen LogP contribution in [0.2, 0.25) is 5.02 Å². The first kappa shape index (κ1) is 16.8. The first-order chi connectivity index (χ1) is 12.1. The van der Waals surface area contributed by atoms with Crippen molar-refractivity contribution in [1.82, 2.24) is 5.32 Å². The maximum Gasteiger partial charge on any atom is 0.339 e. The molecular formula is C18H18ClNO4S. The number of ether oxygens (including phenoxy) is 1. The van der Waals surface area contributed by atoms with Crippen molar-refractivity contribution in [2.24, 2.45) is 0 Å². The molecule has 1 aromatic heterocycles. The normalized spacial score (nSPS) is 19.2. The second kappa shape index (κ2) is 6.92. The van der Waals surface area contributed by atoms with E-state index in [1.807, 2.05) is 11.8 Å². The second-order valence-electron chi connectivity index (χ2n) is 6.40. The highest BCUT2D eigenvalue weighted by Crippen LogP contribution is 2.34. The topological polar surface area (TPSA) is 68.5 Å². The fourth-order valence-corrected chi connectivity index (χ4v) is 4.82. The lowest BCUT2D eigenvalue weighted by Crippen LogP contribution is -2.37. The van der Waals surface area contributed by atoms with E-state index in [1.54, 1.807) is 12.1 Å². The third-order valence-corrected chi connectivity index (χ3v) is 6.14. The van der Waals surface area contributed by atoms with Gasteiger partial charge in [-0.3, -0.25) is 4.79 Å². The van der Waals surface area contributed by atoms with E-state index in [9.17, 15) is 9.59 Å². The van der Waals surface area contributed by atoms with Crippen molar-refractivity contribution >= 4 is 40.2 Å². The van der Waals surface area contributed by atoms with Crippen molar-refractivity contribution in [2.75, 3.05) is 18.1 Å². The molecule has 1 aliphatic carbocycles. The molecule has 1 N–H and O–H groups in total. The summed E-state index contributed by atoms with van der Waals surface area (Å²) in [6.45, 7) is -0.110. The second-order valence-corrected chi connectivity index (χ2v) is 7.95. The van der Waals surface area contributed by atoms with Gasteiger partial charge in [0.1, 0.15) is 11.3 Å². The fourth-order valence-electron chi connectivity index (χ4n) is 3.45. The summed E-state index contributed by atoms with van der Waals surface area (Å²) in [6, 6.07) is 3.59. The molecule has 5 nitrogen and oxygen atoms in total. The van der Waals surface area contributed by atoms with Gasteiger partial charge in [-0.2, -0.15) is 11.8 Å². The summed E-state index contributed by atoms with van der Waals surface area (Å²) in [5.41, 5.74) is 1.95. The summed E-state index contributed by atoms with van der Waals surface area (Å²) in [4.78, 5) is 24.1. The number of carbonyl (C=O) groups excluding carboxylic acids is 1. The van der Waals surface area contributed by atoms with Gasteiger partial charge in [0.25, 0.3) is 5.91 Å². The number of rotatable bonds is 4. The molecule has 1 saturated heterocycles. The van der Waals surface area contributed by atoms with E-state index in [-0.39, 0.29) is 24.2 Å². The zero-order valence-corrected chi connectivity index (χ0v) is 15.2. The molecule has 2 aliphatic rings. The maximum absolute atomic E-state index is 12.1. The molecule has 25 heavy (non-hydrogen) atoms. The summed E-state index contributed by atoms with van der Waals surface area (Å²) < 4.78 is 11.0. The van der Waals surface area contributed by atoms with Crippen LogP contribution in [0.5, 0.6) is 5.75 Å². The van der Waals surface area contributed by atoms with Gasteiger partial charge in [-0.1, -0.05) is 11.6 Å². The minimum Gasteiger partial charge on any atom is -0.482 e. The van der Waals surface area contributed by atoms with Gasteiger partial charge in [-0.15, -0.1) is 0 Å². The average molecular weight is 380 g/mol. The van der Waals surface area contributed by atoms with Crippen LogP contribution >= 0.6 is 23.4 Å². The maximum atomic E-state index is 12.1. The lowest BCUT2D eigenvalue weighted by molar-refractivity contribution is -0.123. The standard InChI is InChI=1S/C18H18ClNO4S/c19-14-6-13-11-2-1-3-12(11)18(22)24-15(13)7-16(14)23-8-17(21)20-10-4-5-25-9-10/h6-7,10H,1-5,8-9H2,(H,20,21). The Morgan fingerprint density at radius 2 is 2.20 bits per heavy atom. The summed E-state index contributed by atoms with van der Waals surface area (Å²) in [7, 11) is 0. The Labute approximate surface area is 154 Å². The quantitative estimate of drug-likeness (QED) is 0.827. The van der Waals surface area contributed by atoms with Crippen LogP contribution in [0.4, 0.5) is 0 Å². The summed E-state index contributed by atoms with van der Waals surface area (Å²) in [5, 5.41) is 4.22. The smallest absolute Gasteiger partial charge is 0.339 e. The number of hydrogen-bond donors (Lipinski definition) is 1. The SMILES string of the molecule is O=C(COc1cc2oc(=O)c3c(c2cc1Cl)CCC3)NC1CCSC1. The van der Waals surface area contributed by atoms with Crippen LogP contribution in [-0.2, 0) is 17.6 Å². The lowest BCUT2D eigenvalue weighted by atomic mass is 10.1. The van der Waals surface area contributed by atoms with Crippen LogP contribution in [0, 0.1) is 0 Å². The van der Waals surface area contributed by atoms with Gasteiger partial charge in [-0.25, -0.2) is 4.79 Å². The van der Waals surface area contributed by atoms with Crippen molar-refractivity contribution < 1.29 is 13.9 Å². The average Bonchev–Trinajstić information content (AvgIpc) is 3.25. The van der Waals surface area contributed by atoms with Crippen LogP contribution < -0.4 is 15.7 Å². The molecule has 1 atom stereocenters. The van der Waals surface area contributed by atoms with Gasteiger partial charge in [-0.05, 0) is 43.1 Å². The molecule has 0 bridgehead atoms. The minimum atomic E-state index is -0.287. The van der Waals surface area contributed by atoms with Gasteiger partial charge in [0.05, 0.1) is 5.02 Å². The lowest BCUT2D eigenvalue weighted by Gasteiger charge is -2.13. The van der Waals surface area contributed by atoms with Crippen LogP contribution in [-0.4, -0.2) is 30.1 Å². The Bertz CT molecular complexity index is 889. The molecule has 1 unspecified atom stereocenters. The van der Waals surface area contributed by atoms with E-state index >= 15 is 0 Å². The van der Waals surface area contributed by atoms with E-state index in [2.05, 4.69) is 5.32 Å². The molecule has 7 heteroatoms. The van der Waals surface area contributed by atoms with Crippen LogP contribution in [0.25, 0.3) is 11.0 Å². The third kappa shape index (κ3) is 3.37. The Kier molecular flexibility index (Phi) is 4.65. The highest BCUT2D eigenvalue weighted by molar-refractivity contribution is 7.99. The predicted molar refractivity (Wildman–Crippen MR) is 98.9 cm³/mol. The van der Waals surface area contributed by atoms with Crippen molar-refractivity contribution in [3.05, 3.63) is 38.7 Å². The van der Waals surface area contributed by atoms with E-state index in [1.165, 1.54) is 0 Å². The molecule has 1 amide bonds. The first-order valence-corrected chi connectivity index (χ1v) is 9.93. The Hall–Kier alpha value is -1.66. The van der Waals surface area contributed by atoms with Crippen LogP contribution in [0.3, 0.4) is 0 Å². The van der Waals surface area contributed by atoms with Crippen molar-refractivity contribution in [2.45, 2.75) is 31.7 Å². The minimum absolute atomic E-state index is 0.110. The summed E-state index contributed by atoms with van der Waals surface area (Å²) >= 11 is 8.15. The molecule has 132 valence electrons. The van der Waals surface area contributed by atoms with Gasteiger partial charge < -0.3 is 14.5 Å². The van der Waals surface area contributed by atoms with Crippen molar-refractivity contribution in [3.63, 3.8) is 0 Å². The Morgan fingerprint density at radius 3 is 3.00 bits per heavy atom.